The summed E-state index contributed by atoms with van der Waals surface area (Å²) >= 11 is 5.98. The maximum Gasteiger partial charge on any atom is 0.201 e. The summed E-state index contributed by atoms with van der Waals surface area (Å²) in [5, 5.41) is 21.3. The van der Waals surface area contributed by atoms with Gasteiger partial charge >= 0.3 is 0 Å². The smallest absolute Gasteiger partial charge is 0.201 e. The Balaban J connectivity index is 1.52. The maximum absolute atomic E-state index is 10.6. The quantitative estimate of drug-likeness (QED) is 0.148. The first kappa shape index (κ1) is 27.4. The van der Waals surface area contributed by atoms with Gasteiger partial charge in [0.05, 0.1) is 16.4 Å². The van der Waals surface area contributed by atoms with Gasteiger partial charge in [-0.15, -0.1) is 0 Å². The zero-order valence-electron chi connectivity index (χ0n) is 20.6. The van der Waals surface area contributed by atoms with Gasteiger partial charge in [-0.25, -0.2) is 0 Å². The summed E-state index contributed by atoms with van der Waals surface area (Å²) in [5.74, 6) is 0.0934. The van der Waals surface area contributed by atoms with Crippen LogP contribution in [0.1, 0.15) is 115 Å². The highest BCUT2D eigenvalue weighted by atomic mass is 35.5. The molecule has 0 fully saturated rings. The van der Waals surface area contributed by atoms with Crippen LogP contribution in [0.15, 0.2) is 24.3 Å². The van der Waals surface area contributed by atoms with Crippen molar-refractivity contribution in [1.29, 1.82) is 0 Å². The molecule has 4 nitrogen and oxygen atoms in total. The summed E-state index contributed by atoms with van der Waals surface area (Å²) in [7, 11) is 0. The molecule has 0 aliphatic heterocycles. The van der Waals surface area contributed by atoms with Crippen LogP contribution in [0.4, 0.5) is 5.69 Å². The van der Waals surface area contributed by atoms with E-state index in [-0.39, 0.29) is 11.8 Å². The lowest BCUT2D eigenvalue weighted by atomic mass is 10.0. The highest BCUT2D eigenvalue weighted by Crippen LogP contribution is 2.34. The third-order valence-corrected chi connectivity index (χ3v) is 6.91. The second kappa shape index (κ2) is 15.9. The van der Waals surface area contributed by atoms with E-state index in [0.717, 1.165) is 24.8 Å². The standard InChI is InChI=1S/C28H45ClN2O2/c1-2-3-4-5-6-7-8-9-10-11-12-13-14-15-16-17-18-23-21-27(32)31(28(23)33)24-19-20-25(29)26(30)22-24/h19-22,32-33H,2-18,30H2,1H3. The number of hydrogen-bond donors (Lipinski definition) is 3. The van der Waals surface area contributed by atoms with Crippen LogP contribution in [-0.4, -0.2) is 14.8 Å². The van der Waals surface area contributed by atoms with Crippen molar-refractivity contribution in [3.63, 3.8) is 0 Å². The molecule has 0 unspecified atom stereocenters. The van der Waals surface area contributed by atoms with Crippen LogP contribution in [0.25, 0.3) is 5.69 Å². The van der Waals surface area contributed by atoms with Gasteiger partial charge in [-0.2, -0.15) is 0 Å². The van der Waals surface area contributed by atoms with Crippen LogP contribution in [-0.2, 0) is 6.42 Å². The molecule has 186 valence electrons. The Bertz CT molecular complexity index is 803. The zero-order chi connectivity index (χ0) is 23.9. The van der Waals surface area contributed by atoms with Crippen molar-refractivity contribution in [3.05, 3.63) is 34.9 Å². The minimum absolute atomic E-state index is 0.0146. The Kier molecular flexibility index (Phi) is 13.2. The van der Waals surface area contributed by atoms with Crippen LogP contribution < -0.4 is 5.73 Å². The number of aromatic nitrogens is 1. The molecule has 0 spiro atoms. The summed E-state index contributed by atoms with van der Waals surface area (Å²) in [6, 6.07) is 6.70. The van der Waals surface area contributed by atoms with Gasteiger partial charge in [0.1, 0.15) is 0 Å². The number of hydrogen-bond acceptors (Lipinski definition) is 3. The van der Waals surface area contributed by atoms with E-state index in [1.807, 2.05) is 0 Å². The summed E-state index contributed by atoms with van der Waals surface area (Å²) in [5.41, 5.74) is 7.65. The second-order valence-corrected chi connectivity index (χ2v) is 9.85. The van der Waals surface area contributed by atoms with E-state index >= 15 is 0 Å². The number of aryl methyl sites for hydroxylation is 1. The predicted octanol–water partition coefficient (Wildman–Crippen LogP) is 8.93. The molecule has 0 aliphatic rings. The molecule has 0 saturated heterocycles. The number of unbranched alkanes of at least 4 members (excludes halogenated alkanes) is 15. The fourth-order valence-corrected chi connectivity index (χ4v) is 4.63. The summed E-state index contributed by atoms with van der Waals surface area (Å²) in [6.45, 7) is 2.28. The number of nitrogens with zero attached hydrogens (tertiary/aromatic N) is 1. The average Bonchev–Trinajstić information content (AvgIpc) is 3.08. The van der Waals surface area contributed by atoms with Crippen molar-refractivity contribution >= 4 is 17.3 Å². The molecule has 33 heavy (non-hydrogen) atoms. The largest absolute Gasteiger partial charge is 0.494 e. The Labute approximate surface area is 206 Å². The van der Waals surface area contributed by atoms with Gasteiger partial charge in [0.2, 0.25) is 5.88 Å². The molecule has 0 bridgehead atoms. The molecule has 2 aromatic rings. The second-order valence-electron chi connectivity index (χ2n) is 9.45. The number of nitrogens with two attached hydrogens (primary N) is 1. The first-order valence-corrected chi connectivity index (χ1v) is 13.6. The fourth-order valence-electron chi connectivity index (χ4n) is 4.51. The van der Waals surface area contributed by atoms with Crippen LogP contribution in [0.5, 0.6) is 11.8 Å². The van der Waals surface area contributed by atoms with Gasteiger partial charge in [0.25, 0.3) is 0 Å². The van der Waals surface area contributed by atoms with Gasteiger partial charge in [0.15, 0.2) is 5.88 Å². The van der Waals surface area contributed by atoms with E-state index in [1.54, 1.807) is 24.3 Å². The van der Waals surface area contributed by atoms with E-state index in [2.05, 4.69) is 6.92 Å². The molecule has 0 amide bonds. The molecule has 0 radical (unpaired) electrons. The SMILES string of the molecule is CCCCCCCCCCCCCCCCCCc1cc(O)n(-c2ccc(Cl)c(N)c2)c1O. The molecule has 0 saturated carbocycles. The highest BCUT2D eigenvalue weighted by Gasteiger charge is 2.15. The number of nitrogen functional groups attached to an aromatic ring is 1. The first-order chi connectivity index (χ1) is 16.0. The Morgan fingerprint density at radius 3 is 1.70 bits per heavy atom. The Hall–Kier alpha value is -1.81. The minimum atomic E-state index is 0.0146. The molecule has 4 N–H and O–H groups in total. The Morgan fingerprint density at radius 1 is 0.727 bits per heavy atom. The van der Waals surface area contributed by atoms with Crippen molar-refractivity contribution in [2.45, 2.75) is 116 Å². The molecule has 0 atom stereocenters. The van der Waals surface area contributed by atoms with Crippen LogP contribution in [0, 0.1) is 0 Å². The molecule has 1 heterocycles. The van der Waals surface area contributed by atoms with Gasteiger partial charge in [-0.3, -0.25) is 4.57 Å². The maximum atomic E-state index is 10.6. The van der Waals surface area contributed by atoms with E-state index in [1.165, 1.54) is 94.5 Å². The first-order valence-electron chi connectivity index (χ1n) is 13.2. The number of anilines is 1. The molecular weight excluding hydrogens is 432 g/mol. The van der Waals surface area contributed by atoms with E-state index in [0.29, 0.717) is 16.4 Å². The molecule has 2 rings (SSSR count). The van der Waals surface area contributed by atoms with E-state index < -0.39 is 0 Å². The number of halogens is 1. The zero-order valence-corrected chi connectivity index (χ0v) is 21.4. The van der Waals surface area contributed by atoms with Crippen LogP contribution in [0.2, 0.25) is 5.02 Å². The van der Waals surface area contributed by atoms with Crippen molar-refractivity contribution in [3.8, 4) is 17.4 Å². The summed E-state index contributed by atoms with van der Waals surface area (Å²) in [4.78, 5) is 0. The lowest BCUT2D eigenvalue weighted by Gasteiger charge is -2.09. The van der Waals surface area contributed by atoms with Crippen molar-refractivity contribution < 1.29 is 10.2 Å². The lowest BCUT2D eigenvalue weighted by molar-refractivity contribution is 0.400. The number of benzene rings is 1. The topological polar surface area (TPSA) is 71.4 Å². The summed E-state index contributed by atoms with van der Waals surface area (Å²) < 4.78 is 1.41. The number of rotatable bonds is 18. The average molecular weight is 477 g/mol. The third-order valence-electron chi connectivity index (χ3n) is 6.57. The summed E-state index contributed by atoms with van der Waals surface area (Å²) in [6.07, 6.45) is 22.2. The van der Waals surface area contributed by atoms with Gasteiger partial charge in [-0.1, -0.05) is 115 Å². The molecule has 0 aliphatic carbocycles. The van der Waals surface area contributed by atoms with Crippen molar-refractivity contribution in [1.82, 2.24) is 4.57 Å². The van der Waals surface area contributed by atoms with Gasteiger partial charge in [0, 0.05) is 11.6 Å². The monoisotopic (exact) mass is 476 g/mol. The van der Waals surface area contributed by atoms with E-state index in [4.69, 9.17) is 17.3 Å². The Morgan fingerprint density at radius 2 is 1.21 bits per heavy atom. The normalized spacial score (nSPS) is 11.3. The predicted molar refractivity (Wildman–Crippen MR) is 142 cm³/mol. The van der Waals surface area contributed by atoms with E-state index in [9.17, 15) is 10.2 Å². The third kappa shape index (κ3) is 9.92. The van der Waals surface area contributed by atoms with Crippen molar-refractivity contribution in [2.75, 3.05) is 5.73 Å². The molecule has 5 heteroatoms. The number of aromatic hydroxyl groups is 2. The van der Waals surface area contributed by atoms with Crippen LogP contribution in [0.3, 0.4) is 0 Å². The highest BCUT2D eigenvalue weighted by molar-refractivity contribution is 6.33. The van der Waals surface area contributed by atoms with Gasteiger partial charge in [-0.05, 0) is 31.0 Å². The minimum Gasteiger partial charge on any atom is -0.494 e. The van der Waals surface area contributed by atoms with Crippen LogP contribution >= 0.6 is 11.6 Å². The van der Waals surface area contributed by atoms with Gasteiger partial charge < -0.3 is 15.9 Å². The molecule has 1 aromatic carbocycles. The fraction of sp³-hybridized carbons (Fsp3) is 0.643. The lowest BCUT2D eigenvalue weighted by Crippen LogP contribution is -1.96. The molecule has 1 aromatic heterocycles. The van der Waals surface area contributed by atoms with Crippen molar-refractivity contribution in [2.24, 2.45) is 0 Å². The molecular formula is C28H45ClN2O2.